The zero-order chi connectivity index (χ0) is 41.3. The number of carbonyl (C=O) groups is 2. The Morgan fingerprint density at radius 1 is 0.807 bits per heavy atom. The minimum atomic E-state index is -3.83. The van der Waals surface area contributed by atoms with E-state index in [1.54, 1.807) is 21.3 Å². The van der Waals surface area contributed by atoms with Crippen LogP contribution in [0.4, 0.5) is 0 Å². The average molecular weight is 828 g/mol. The van der Waals surface area contributed by atoms with E-state index in [0.29, 0.717) is 50.1 Å². The number of rotatable bonds is 11. The third-order valence-corrected chi connectivity index (χ3v) is 14.7. The van der Waals surface area contributed by atoms with E-state index in [0.717, 1.165) is 25.5 Å². The first kappa shape index (κ1) is 45.0. The van der Waals surface area contributed by atoms with Crippen molar-refractivity contribution >= 4 is 21.9 Å². The zero-order valence-corrected chi connectivity index (χ0v) is 36.5. The topological polar surface area (TPSA) is 155 Å². The molecule has 0 spiro atoms. The van der Waals surface area contributed by atoms with Crippen LogP contribution in [-0.2, 0) is 61.8 Å². The molecule has 326 valence electrons. The molecule has 0 aromatic rings. The van der Waals surface area contributed by atoms with Gasteiger partial charge < -0.3 is 42.8 Å². The number of likely N-dealkylation sites (N-methyl/N-ethyl adjacent to an activating group) is 1. The van der Waals surface area contributed by atoms with Crippen LogP contribution in [0.25, 0.3) is 0 Å². The maximum Gasteiger partial charge on any atom is 0.306 e. The Balaban J connectivity index is 1.28. The number of ketones is 1. The van der Waals surface area contributed by atoms with Gasteiger partial charge in [0.15, 0.2) is 18.4 Å². The number of ether oxygens (including phenoxy) is 8. The molecule has 6 rings (SSSR count). The number of hydrogen-bond donors (Lipinski definition) is 0. The van der Waals surface area contributed by atoms with Crippen LogP contribution in [0.3, 0.4) is 0 Å². The second-order valence-corrected chi connectivity index (χ2v) is 19.4. The third kappa shape index (κ3) is 10.00. The minimum absolute atomic E-state index is 0.0173. The van der Waals surface area contributed by atoms with E-state index in [1.165, 1.54) is 0 Å². The van der Waals surface area contributed by atoms with Crippen LogP contribution < -0.4 is 0 Å². The average Bonchev–Trinajstić information content (AvgIpc) is 3.73. The van der Waals surface area contributed by atoms with E-state index in [4.69, 9.17) is 42.1 Å². The summed E-state index contributed by atoms with van der Waals surface area (Å²) in [6, 6.07) is 0.290. The number of allylic oxidation sites excluding steroid dienone is 2. The molecule has 3 aliphatic heterocycles. The van der Waals surface area contributed by atoms with Gasteiger partial charge in [-0.2, -0.15) is 8.42 Å². The lowest BCUT2D eigenvalue weighted by Crippen LogP contribution is -2.59. The molecule has 57 heavy (non-hydrogen) atoms. The molecule has 0 N–H and O–H groups in total. The van der Waals surface area contributed by atoms with Crippen LogP contribution in [0.1, 0.15) is 91.9 Å². The summed E-state index contributed by atoms with van der Waals surface area (Å²) in [5, 5.41) is 0. The summed E-state index contributed by atoms with van der Waals surface area (Å²) in [5.74, 6) is -1.87. The number of hydrogen-bond acceptors (Lipinski definition) is 14. The highest BCUT2D eigenvalue weighted by molar-refractivity contribution is 7.86. The smallest absolute Gasteiger partial charge is 0.306 e. The van der Waals surface area contributed by atoms with Gasteiger partial charge in [-0.1, -0.05) is 19.9 Å². The molecule has 0 bridgehead atoms. The van der Waals surface area contributed by atoms with Crippen LogP contribution in [0.2, 0.25) is 0 Å². The van der Waals surface area contributed by atoms with Crippen molar-refractivity contribution in [3.63, 3.8) is 0 Å². The van der Waals surface area contributed by atoms with Crippen molar-refractivity contribution in [1.29, 1.82) is 0 Å². The fourth-order valence-electron chi connectivity index (χ4n) is 11.3. The van der Waals surface area contributed by atoms with Gasteiger partial charge in [-0.05, 0) is 115 Å². The Morgan fingerprint density at radius 2 is 1.51 bits per heavy atom. The van der Waals surface area contributed by atoms with Gasteiger partial charge in [-0.3, -0.25) is 13.8 Å². The maximum atomic E-state index is 14.9. The molecule has 6 aliphatic rings. The molecule has 2 saturated carbocycles. The Labute approximate surface area is 340 Å². The molecule has 3 unspecified atom stereocenters. The van der Waals surface area contributed by atoms with E-state index in [1.807, 2.05) is 20.8 Å². The summed E-state index contributed by atoms with van der Waals surface area (Å²) in [5.41, 5.74) is 0.614. The predicted octanol–water partition coefficient (Wildman–Crippen LogP) is 4.67. The van der Waals surface area contributed by atoms with Crippen molar-refractivity contribution in [2.24, 2.45) is 35.5 Å². The SMILES string of the molecule is CC[C@H]1CCC[C@H](O[C@H]2CC[C@H](N(C)C)C(C)O2)[C@@H](C)C(=O)C2=C[C@@H]3[C@@H](C[C@H](OS(C)(=O)=O)[C@@H]4C[C@@H](O[C@@H]5OC(C)[C@H](OC)C(OC)[C@@H]5OC)C[C@@H]34)[C@@H]2CC(=O)O1. The van der Waals surface area contributed by atoms with Crippen molar-refractivity contribution in [1.82, 2.24) is 4.90 Å². The van der Waals surface area contributed by atoms with Crippen LogP contribution in [0, 0.1) is 35.5 Å². The number of Topliss-reactive ketones (excluding diaryl/α,β-unsaturated/α-hetero) is 1. The van der Waals surface area contributed by atoms with Gasteiger partial charge in [0.25, 0.3) is 10.1 Å². The van der Waals surface area contributed by atoms with Gasteiger partial charge in [0.2, 0.25) is 0 Å². The lowest BCUT2D eigenvalue weighted by molar-refractivity contribution is -0.314. The first-order valence-electron chi connectivity index (χ1n) is 21.3. The number of esters is 1. The summed E-state index contributed by atoms with van der Waals surface area (Å²) in [6.07, 6.45) is 4.62. The molecule has 0 amide bonds. The zero-order valence-electron chi connectivity index (χ0n) is 35.7. The van der Waals surface area contributed by atoms with Gasteiger partial charge in [0, 0.05) is 39.2 Å². The maximum absolute atomic E-state index is 14.9. The van der Waals surface area contributed by atoms with Crippen LogP contribution in [0.5, 0.6) is 0 Å². The second-order valence-electron chi connectivity index (χ2n) is 17.8. The van der Waals surface area contributed by atoms with E-state index in [-0.39, 0.29) is 78.5 Å². The number of fused-ring (bicyclic) bond motifs is 5. The molecule has 18 atom stereocenters. The Kier molecular flexibility index (Phi) is 15.0. The van der Waals surface area contributed by atoms with Crippen molar-refractivity contribution in [3.05, 3.63) is 11.6 Å². The molecule has 3 saturated heterocycles. The van der Waals surface area contributed by atoms with E-state index in [2.05, 4.69) is 32.0 Å². The van der Waals surface area contributed by atoms with Crippen molar-refractivity contribution in [2.45, 2.75) is 165 Å². The fourth-order valence-corrected chi connectivity index (χ4v) is 11.9. The number of methoxy groups -OCH3 is 3. The van der Waals surface area contributed by atoms with Gasteiger partial charge >= 0.3 is 5.97 Å². The number of nitrogens with zero attached hydrogens (tertiary/aromatic N) is 1. The Bertz CT molecular complexity index is 1520. The summed E-state index contributed by atoms with van der Waals surface area (Å²) < 4.78 is 81.0. The summed E-state index contributed by atoms with van der Waals surface area (Å²) in [4.78, 5) is 30.7. The summed E-state index contributed by atoms with van der Waals surface area (Å²) >= 11 is 0. The van der Waals surface area contributed by atoms with Crippen molar-refractivity contribution in [3.8, 4) is 0 Å². The minimum Gasteiger partial charge on any atom is -0.462 e. The molecule has 0 radical (unpaired) electrons. The third-order valence-electron chi connectivity index (χ3n) is 14.1. The Hall–Kier alpha value is -1.53. The number of cyclic esters (lactones) is 1. The fraction of sp³-hybridized carbons (Fsp3) is 0.905. The standard InChI is InChI=1S/C42H69NO13S/c1-11-25-13-12-14-34(55-37-16-15-33(43(5)6)23(3)51-37)22(2)38(45)32-19-28-27-17-26(54-42-41(50-9)40(49-8)39(48-7)24(4)52-42)18-31(27)35(56-57(10,46)47)20-29(28)30(32)21-36(44)53-25/h19,22-31,33-35,37,39-42H,11-18,20-21H2,1-10H3/t22-,23?,24?,25+,26+,27+,28+,29-,30+,31-,33+,34+,35+,37+,39+,40?,41+,42+/m1/s1. The molecular formula is C42H69NO13S. The quantitative estimate of drug-likeness (QED) is 0.209. The van der Waals surface area contributed by atoms with Crippen molar-refractivity contribution < 1.29 is 60.1 Å². The second kappa shape index (κ2) is 19.0. The van der Waals surface area contributed by atoms with E-state index in [9.17, 15) is 18.0 Å². The largest absolute Gasteiger partial charge is 0.462 e. The lowest BCUT2D eigenvalue weighted by Gasteiger charge is -2.44. The first-order chi connectivity index (χ1) is 27.1. The van der Waals surface area contributed by atoms with Gasteiger partial charge in [-0.25, -0.2) is 0 Å². The van der Waals surface area contributed by atoms with Crippen LogP contribution in [0.15, 0.2) is 11.6 Å². The molecule has 3 aliphatic carbocycles. The Morgan fingerprint density at radius 3 is 2.14 bits per heavy atom. The van der Waals surface area contributed by atoms with E-state index < -0.39 is 52.8 Å². The summed E-state index contributed by atoms with van der Waals surface area (Å²) in [6.45, 7) is 7.95. The van der Waals surface area contributed by atoms with Gasteiger partial charge in [0.1, 0.15) is 24.4 Å². The molecule has 5 fully saturated rings. The van der Waals surface area contributed by atoms with Crippen molar-refractivity contribution in [2.75, 3.05) is 41.7 Å². The highest BCUT2D eigenvalue weighted by Gasteiger charge is 2.57. The lowest BCUT2D eigenvalue weighted by atomic mass is 9.65. The number of carbonyl (C=O) groups excluding carboxylic acids is 2. The molecule has 3 heterocycles. The molecule has 0 aromatic carbocycles. The van der Waals surface area contributed by atoms with Gasteiger partial charge in [0.05, 0.1) is 43.2 Å². The highest BCUT2D eigenvalue weighted by Crippen LogP contribution is 2.58. The normalized spacial score (nSPS) is 44.6. The van der Waals surface area contributed by atoms with E-state index >= 15 is 0 Å². The molecule has 0 aromatic heterocycles. The highest BCUT2D eigenvalue weighted by atomic mass is 32.2. The summed E-state index contributed by atoms with van der Waals surface area (Å²) in [7, 11) is 5.10. The van der Waals surface area contributed by atoms with Crippen LogP contribution in [-0.4, -0.2) is 140 Å². The van der Waals surface area contributed by atoms with Crippen LogP contribution >= 0.6 is 0 Å². The predicted molar refractivity (Wildman–Crippen MR) is 209 cm³/mol. The molecule has 15 heteroatoms. The molecular weight excluding hydrogens is 759 g/mol. The monoisotopic (exact) mass is 827 g/mol. The first-order valence-corrected chi connectivity index (χ1v) is 23.1. The molecule has 14 nitrogen and oxygen atoms in total. The van der Waals surface area contributed by atoms with Gasteiger partial charge in [-0.15, -0.1) is 0 Å².